The van der Waals surface area contributed by atoms with E-state index in [4.69, 9.17) is 9.47 Å². The number of aromatic nitrogens is 1. The summed E-state index contributed by atoms with van der Waals surface area (Å²) < 4.78 is 10.5. The lowest BCUT2D eigenvalue weighted by molar-refractivity contribution is 0.0636. The molecule has 0 spiro atoms. The first-order valence-electron chi connectivity index (χ1n) is 7.54. The molecule has 0 aliphatic carbocycles. The molecule has 2 N–H and O–H groups in total. The number of para-hydroxylation sites is 1. The second kappa shape index (κ2) is 7.63. The van der Waals surface area contributed by atoms with Crippen LogP contribution in [-0.4, -0.2) is 28.9 Å². The van der Waals surface area contributed by atoms with E-state index >= 15 is 0 Å². The number of methoxy groups -OCH3 is 1. The minimum atomic E-state index is -0.729. The van der Waals surface area contributed by atoms with Gasteiger partial charge in [0.2, 0.25) is 0 Å². The Morgan fingerprint density at radius 1 is 1.38 bits per heavy atom. The van der Waals surface area contributed by atoms with Gasteiger partial charge in [-0.25, -0.2) is 9.78 Å². The summed E-state index contributed by atoms with van der Waals surface area (Å²) >= 11 is 1.21. The van der Waals surface area contributed by atoms with Crippen LogP contribution in [0, 0.1) is 0 Å². The molecule has 7 heteroatoms. The summed E-state index contributed by atoms with van der Waals surface area (Å²) in [6.07, 6.45) is 0.658. The number of aliphatic hydroxyl groups is 1. The number of amides is 1. The molecule has 6 nitrogen and oxygen atoms in total. The molecular formula is C17H22N2O4S. The average Bonchev–Trinajstić information content (AvgIpc) is 2.94. The zero-order valence-corrected chi connectivity index (χ0v) is 15.0. The van der Waals surface area contributed by atoms with Gasteiger partial charge in [0.05, 0.1) is 18.1 Å². The van der Waals surface area contributed by atoms with Crippen molar-refractivity contribution in [2.24, 2.45) is 0 Å². The fraction of sp³-hybridized carbons (Fsp3) is 0.412. The second-order valence-electron chi connectivity index (χ2n) is 6.23. The van der Waals surface area contributed by atoms with Crippen molar-refractivity contribution in [3.63, 3.8) is 0 Å². The van der Waals surface area contributed by atoms with Crippen LogP contribution in [0.4, 0.5) is 9.93 Å². The van der Waals surface area contributed by atoms with Crippen molar-refractivity contribution >= 4 is 22.6 Å². The Morgan fingerprint density at radius 3 is 2.75 bits per heavy atom. The third kappa shape index (κ3) is 5.21. The Balaban J connectivity index is 2.00. The number of nitrogens with one attached hydrogen (secondary N) is 1. The molecule has 1 amide bonds. The number of benzene rings is 1. The monoisotopic (exact) mass is 350 g/mol. The number of ether oxygens (including phenoxy) is 2. The molecule has 2 rings (SSSR count). The van der Waals surface area contributed by atoms with Gasteiger partial charge >= 0.3 is 6.09 Å². The molecule has 24 heavy (non-hydrogen) atoms. The maximum Gasteiger partial charge on any atom is 0.413 e. The van der Waals surface area contributed by atoms with E-state index in [1.165, 1.54) is 11.3 Å². The number of hydrogen-bond acceptors (Lipinski definition) is 6. The van der Waals surface area contributed by atoms with E-state index in [-0.39, 0.29) is 0 Å². The number of carbonyl (C=O) groups is 1. The van der Waals surface area contributed by atoms with Crippen LogP contribution in [0.2, 0.25) is 0 Å². The maximum absolute atomic E-state index is 11.7. The third-order valence-corrected chi connectivity index (χ3v) is 4.08. The predicted octanol–water partition coefficient (Wildman–Crippen LogP) is 3.77. The number of nitrogens with zero attached hydrogens (tertiary/aromatic N) is 1. The number of carbonyl (C=O) groups excluding carboxylic acids is 1. The Bertz CT molecular complexity index is 694. The molecule has 1 aromatic carbocycles. The van der Waals surface area contributed by atoms with E-state index in [0.29, 0.717) is 16.4 Å². The fourth-order valence-corrected chi connectivity index (χ4v) is 2.86. The van der Waals surface area contributed by atoms with Crippen LogP contribution in [0.15, 0.2) is 30.5 Å². The lowest BCUT2D eigenvalue weighted by Crippen LogP contribution is -2.27. The molecule has 0 aliphatic rings. The molecule has 0 saturated carbocycles. The van der Waals surface area contributed by atoms with Gasteiger partial charge in [0.15, 0.2) is 5.13 Å². The summed E-state index contributed by atoms with van der Waals surface area (Å²) in [6.45, 7) is 5.37. The van der Waals surface area contributed by atoms with Gasteiger partial charge in [-0.2, -0.15) is 0 Å². The number of anilines is 1. The molecule has 130 valence electrons. The second-order valence-corrected chi connectivity index (χ2v) is 7.29. The number of thiazole rings is 1. The summed E-state index contributed by atoms with van der Waals surface area (Å²) in [6, 6.07) is 7.53. The zero-order chi connectivity index (χ0) is 17.7. The first-order valence-corrected chi connectivity index (χ1v) is 8.36. The van der Waals surface area contributed by atoms with E-state index in [0.717, 1.165) is 11.3 Å². The van der Waals surface area contributed by atoms with Crippen molar-refractivity contribution in [1.82, 2.24) is 4.98 Å². The van der Waals surface area contributed by atoms with Crippen LogP contribution in [0.1, 0.15) is 37.3 Å². The molecule has 1 atom stereocenters. The summed E-state index contributed by atoms with van der Waals surface area (Å²) in [7, 11) is 1.60. The Kier molecular flexibility index (Phi) is 5.80. The highest BCUT2D eigenvalue weighted by Gasteiger charge is 2.19. The first-order chi connectivity index (χ1) is 11.3. The van der Waals surface area contributed by atoms with Crippen molar-refractivity contribution < 1.29 is 19.4 Å². The molecule has 1 aromatic heterocycles. The van der Waals surface area contributed by atoms with Crippen molar-refractivity contribution in [2.75, 3.05) is 12.4 Å². The standard InChI is InChI=1S/C17H22N2O4S/c1-17(2,3)23-16(21)19-15-18-10-14(24-15)12(20)9-11-7-5-6-8-13(11)22-4/h5-8,10,12,20H,9H2,1-4H3,(H,18,19,21)/t12-/m0/s1. The van der Waals surface area contributed by atoms with Crippen LogP contribution in [-0.2, 0) is 11.2 Å². The highest BCUT2D eigenvalue weighted by molar-refractivity contribution is 7.15. The van der Waals surface area contributed by atoms with Gasteiger partial charge in [-0.3, -0.25) is 5.32 Å². The molecular weight excluding hydrogens is 328 g/mol. The van der Waals surface area contributed by atoms with Crippen LogP contribution >= 0.6 is 11.3 Å². The highest BCUT2D eigenvalue weighted by atomic mass is 32.1. The van der Waals surface area contributed by atoms with Crippen molar-refractivity contribution in [3.8, 4) is 5.75 Å². The van der Waals surface area contributed by atoms with E-state index in [1.807, 2.05) is 24.3 Å². The Labute approximate surface area is 145 Å². The molecule has 0 saturated heterocycles. The fourth-order valence-electron chi connectivity index (χ4n) is 2.07. The van der Waals surface area contributed by atoms with Crippen LogP contribution in [0.25, 0.3) is 0 Å². The van der Waals surface area contributed by atoms with Gasteiger partial charge in [-0.05, 0) is 32.4 Å². The molecule has 0 aliphatic heterocycles. The van der Waals surface area contributed by atoms with E-state index in [9.17, 15) is 9.90 Å². The molecule has 0 bridgehead atoms. The number of aliphatic hydroxyl groups excluding tert-OH is 1. The van der Waals surface area contributed by atoms with E-state index in [1.54, 1.807) is 34.1 Å². The lowest BCUT2D eigenvalue weighted by Gasteiger charge is -2.18. The van der Waals surface area contributed by atoms with Gasteiger partial charge in [-0.1, -0.05) is 29.5 Å². The van der Waals surface area contributed by atoms with Gasteiger partial charge < -0.3 is 14.6 Å². The highest BCUT2D eigenvalue weighted by Crippen LogP contribution is 2.29. The molecule has 0 unspecified atom stereocenters. The SMILES string of the molecule is COc1ccccc1C[C@H](O)c1cnc(NC(=O)OC(C)(C)C)s1. The van der Waals surface area contributed by atoms with Gasteiger partial charge in [0.25, 0.3) is 0 Å². The normalized spacial score (nSPS) is 12.5. The summed E-state index contributed by atoms with van der Waals surface area (Å²) in [5, 5.41) is 13.4. The minimum Gasteiger partial charge on any atom is -0.496 e. The molecule has 0 fully saturated rings. The third-order valence-electron chi connectivity index (χ3n) is 3.07. The first kappa shape index (κ1) is 18.2. The van der Waals surface area contributed by atoms with Gasteiger partial charge in [-0.15, -0.1) is 0 Å². The van der Waals surface area contributed by atoms with Crippen LogP contribution in [0.3, 0.4) is 0 Å². The topological polar surface area (TPSA) is 80.7 Å². The summed E-state index contributed by atoms with van der Waals surface area (Å²) in [4.78, 5) is 16.5. The van der Waals surface area contributed by atoms with Crippen LogP contribution in [0.5, 0.6) is 5.75 Å². The van der Waals surface area contributed by atoms with Crippen LogP contribution < -0.4 is 10.1 Å². The number of hydrogen-bond donors (Lipinski definition) is 2. The maximum atomic E-state index is 11.7. The number of rotatable bonds is 5. The van der Waals surface area contributed by atoms with Crippen molar-refractivity contribution in [2.45, 2.75) is 38.9 Å². The quantitative estimate of drug-likeness (QED) is 0.858. The smallest absolute Gasteiger partial charge is 0.413 e. The van der Waals surface area contributed by atoms with E-state index < -0.39 is 17.8 Å². The van der Waals surface area contributed by atoms with Crippen molar-refractivity contribution in [3.05, 3.63) is 40.9 Å². The molecule has 2 aromatic rings. The summed E-state index contributed by atoms with van der Waals surface area (Å²) in [5.41, 5.74) is 0.329. The Hall–Kier alpha value is -2.12. The average molecular weight is 350 g/mol. The van der Waals surface area contributed by atoms with Crippen molar-refractivity contribution in [1.29, 1.82) is 0 Å². The Morgan fingerprint density at radius 2 is 2.08 bits per heavy atom. The van der Waals surface area contributed by atoms with Gasteiger partial charge in [0.1, 0.15) is 11.4 Å². The van der Waals surface area contributed by atoms with E-state index in [2.05, 4.69) is 10.3 Å². The largest absolute Gasteiger partial charge is 0.496 e. The lowest BCUT2D eigenvalue weighted by atomic mass is 10.1. The summed E-state index contributed by atoms with van der Waals surface area (Å²) in [5.74, 6) is 0.730. The zero-order valence-electron chi connectivity index (χ0n) is 14.2. The van der Waals surface area contributed by atoms with Gasteiger partial charge in [0, 0.05) is 12.6 Å². The molecule has 0 radical (unpaired) electrons. The predicted molar refractivity (Wildman–Crippen MR) is 93.6 cm³/mol. The minimum absolute atomic E-state index is 0.387. The molecule has 1 heterocycles.